The molecule has 18 heavy (non-hydrogen) atoms. The standard InChI is InChI=1S/C15H16ClNO/c1-15(11-18,9-12-4-3-7-17-10-12)13-5-2-6-14(16)8-13/h2-8,10,18H,9,11H2,1H3. The van der Waals surface area contributed by atoms with Crippen LogP contribution in [0.5, 0.6) is 0 Å². The molecule has 0 saturated heterocycles. The molecule has 1 heterocycles. The van der Waals surface area contributed by atoms with Crippen LogP contribution in [0.4, 0.5) is 0 Å². The van der Waals surface area contributed by atoms with Gasteiger partial charge in [0.05, 0.1) is 6.61 Å². The van der Waals surface area contributed by atoms with Crippen molar-refractivity contribution < 1.29 is 5.11 Å². The van der Waals surface area contributed by atoms with Crippen LogP contribution < -0.4 is 0 Å². The second-order valence-electron chi connectivity index (χ2n) is 4.77. The van der Waals surface area contributed by atoms with E-state index in [2.05, 4.69) is 4.98 Å². The molecule has 1 N–H and O–H groups in total. The van der Waals surface area contributed by atoms with E-state index in [-0.39, 0.29) is 12.0 Å². The Kier molecular flexibility index (Phi) is 4.00. The topological polar surface area (TPSA) is 33.1 Å². The molecule has 2 nitrogen and oxygen atoms in total. The summed E-state index contributed by atoms with van der Waals surface area (Å²) in [5.74, 6) is 0. The zero-order chi connectivity index (χ0) is 13.0. The number of aliphatic hydroxyl groups is 1. The van der Waals surface area contributed by atoms with Crippen molar-refractivity contribution in [2.45, 2.75) is 18.8 Å². The van der Waals surface area contributed by atoms with E-state index in [4.69, 9.17) is 11.6 Å². The van der Waals surface area contributed by atoms with E-state index in [0.717, 1.165) is 17.5 Å². The molecule has 1 aromatic carbocycles. The summed E-state index contributed by atoms with van der Waals surface area (Å²) in [5, 5.41) is 10.4. The maximum absolute atomic E-state index is 9.73. The van der Waals surface area contributed by atoms with Gasteiger partial charge < -0.3 is 5.11 Å². The van der Waals surface area contributed by atoms with Crippen molar-refractivity contribution in [3.63, 3.8) is 0 Å². The highest BCUT2D eigenvalue weighted by molar-refractivity contribution is 6.30. The van der Waals surface area contributed by atoms with Crippen LogP contribution in [0, 0.1) is 0 Å². The first kappa shape index (κ1) is 13.1. The molecule has 1 unspecified atom stereocenters. The fourth-order valence-electron chi connectivity index (χ4n) is 2.07. The molecule has 1 atom stereocenters. The van der Waals surface area contributed by atoms with E-state index in [1.165, 1.54) is 0 Å². The summed E-state index contributed by atoms with van der Waals surface area (Å²) in [6.07, 6.45) is 4.31. The Bertz CT molecular complexity index is 515. The molecule has 0 fully saturated rings. The van der Waals surface area contributed by atoms with Crippen LogP contribution in [0.25, 0.3) is 0 Å². The second kappa shape index (κ2) is 5.51. The average Bonchev–Trinajstić information content (AvgIpc) is 2.40. The van der Waals surface area contributed by atoms with Gasteiger partial charge in [0.1, 0.15) is 0 Å². The van der Waals surface area contributed by atoms with Crippen molar-refractivity contribution in [2.24, 2.45) is 0 Å². The first-order valence-corrected chi connectivity index (χ1v) is 6.28. The minimum absolute atomic E-state index is 0.0717. The number of aliphatic hydroxyl groups excluding tert-OH is 1. The van der Waals surface area contributed by atoms with Crippen LogP contribution in [-0.2, 0) is 11.8 Å². The minimum atomic E-state index is -0.339. The quantitative estimate of drug-likeness (QED) is 0.917. The van der Waals surface area contributed by atoms with E-state index < -0.39 is 0 Å². The van der Waals surface area contributed by atoms with Gasteiger partial charge in [-0.25, -0.2) is 0 Å². The Labute approximate surface area is 112 Å². The zero-order valence-corrected chi connectivity index (χ0v) is 11.1. The van der Waals surface area contributed by atoms with Crippen molar-refractivity contribution >= 4 is 11.6 Å². The van der Waals surface area contributed by atoms with Crippen molar-refractivity contribution in [2.75, 3.05) is 6.61 Å². The predicted molar refractivity (Wildman–Crippen MR) is 73.8 cm³/mol. The lowest BCUT2D eigenvalue weighted by atomic mass is 9.78. The lowest BCUT2D eigenvalue weighted by Crippen LogP contribution is -2.29. The molecular weight excluding hydrogens is 246 g/mol. The summed E-state index contributed by atoms with van der Waals surface area (Å²) in [7, 11) is 0. The maximum Gasteiger partial charge on any atom is 0.0528 e. The minimum Gasteiger partial charge on any atom is -0.395 e. The summed E-state index contributed by atoms with van der Waals surface area (Å²) in [6, 6.07) is 11.6. The molecule has 0 amide bonds. The van der Waals surface area contributed by atoms with Crippen LogP contribution >= 0.6 is 11.6 Å². The van der Waals surface area contributed by atoms with Gasteiger partial charge in [0.25, 0.3) is 0 Å². The highest BCUT2D eigenvalue weighted by Gasteiger charge is 2.26. The van der Waals surface area contributed by atoms with Crippen LogP contribution in [0.15, 0.2) is 48.8 Å². The molecule has 2 rings (SSSR count). The average molecular weight is 262 g/mol. The van der Waals surface area contributed by atoms with Gasteiger partial charge in [0.15, 0.2) is 0 Å². The van der Waals surface area contributed by atoms with Crippen molar-refractivity contribution in [1.29, 1.82) is 0 Å². The first-order valence-electron chi connectivity index (χ1n) is 5.90. The summed E-state index contributed by atoms with van der Waals surface area (Å²) >= 11 is 6.02. The lowest BCUT2D eigenvalue weighted by Gasteiger charge is -2.28. The number of pyridine rings is 1. The van der Waals surface area contributed by atoms with Crippen LogP contribution in [0.2, 0.25) is 5.02 Å². The van der Waals surface area contributed by atoms with Gasteiger partial charge in [0, 0.05) is 22.8 Å². The van der Waals surface area contributed by atoms with E-state index in [1.807, 2.05) is 49.5 Å². The highest BCUT2D eigenvalue weighted by atomic mass is 35.5. The summed E-state index contributed by atoms with van der Waals surface area (Å²) in [5.41, 5.74) is 1.81. The molecule has 0 bridgehead atoms. The Hall–Kier alpha value is -1.38. The Morgan fingerprint density at radius 2 is 2.11 bits per heavy atom. The van der Waals surface area contributed by atoms with E-state index in [0.29, 0.717) is 5.02 Å². The van der Waals surface area contributed by atoms with E-state index in [9.17, 15) is 5.11 Å². The Morgan fingerprint density at radius 1 is 1.28 bits per heavy atom. The SMILES string of the molecule is CC(CO)(Cc1cccnc1)c1cccc(Cl)c1. The van der Waals surface area contributed by atoms with Crippen LogP contribution in [0.3, 0.4) is 0 Å². The van der Waals surface area contributed by atoms with Gasteiger partial charge in [0.2, 0.25) is 0 Å². The monoisotopic (exact) mass is 261 g/mol. The van der Waals surface area contributed by atoms with Gasteiger partial charge in [-0.05, 0) is 35.7 Å². The number of nitrogens with zero attached hydrogens (tertiary/aromatic N) is 1. The third kappa shape index (κ3) is 2.89. The Balaban J connectivity index is 2.31. The lowest BCUT2D eigenvalue weighted by molar-refractivity contribution is 0.204. The number of aromatic nitrogens is 1. The fourth-order valence-corrected chi connectivity index (χ4v) is 2.26. The number of hydrogen-bond donors (Lipinski definition) is 1. The fraction of sp³-hybridized carbons (Fsp3) is 0.267. The third-order valence-electron chi connectivity index (χ3n) is 3.19. The normalized spacial score (nSPS) is 14.2. The van der Waals surface area contributed by atoms with Gasteiger partial charge in [-0.15, -0.1) is 0 Å². The van der Waals surface area contributed by atoms with Gasteiger partial charge in [-0.2, -0.15) is 0 Å². The predicted octanol–water partition coefficient (Wildman–Crippen LogP) is 3.23. The molecule has 0 aliphatic heterocycles. The van der Waals surface area contributed by atoms with Crippen LogP contribution in [0.1, 0.15) is 18.1 Å². The van der Waals surface area contributed by atoms with E-state index in [1.54, 1.807) is 6.20 Å². The number of hydrogen-bond acceptors (Lipinski definition) is 2. The number of rotatable bonds is 4. The number of benzene rings is 1. The summed E-state index contributed by atoms with van der Waals surface area (Å²) in [4.78, 5) is 4.11. The molecular formula is C15H16ClNO. The second-order valence-corrected chi connectivity index (χ2v) is 5.20. The molecule has 94 valence electrons. The molecule has 0 radical (unpaired) electrons. The zero-order valence-electron chi connectivity index (χ0n) is 10.3. The van der Waals surface area contributed by atoms with Crippen molar-refractivity contribution in [1.82, 2.24) is 4.98 Å². The van der Waals surface area contributed by atoms with Crippen molar-refractivity contribution in [3.8, 4) is 0 Å². The van der Waals surface area contributed by atoms with Crippen molar-refractivity contribution in [3.05, 3.63) is 64.9 Å². The molecule has 3 heteroatoms. The largest absolute Gasteiger partial charge is 0.395 e. The third-order valence-corrected chi connectivity index (χ3v) is 3.42. The molecule has 1 aromatic heterocycles. The summed E-state index contributed by atoms with van der Waals surface area (Å²) in [6.45, 7) is 2.11. The molecule has 0 spiro atoms. The molecule has 0 saturated carbocycles. The first-order chi connectivity index (χ1) is 8.64. The van der Waals surface area contributed by atoms with E-state index >= 15 is 0 Å². The molecule has 0 aliphatic carbocycles. The van der Waals surface area contributed by atoms with Gasteiger partial charge in [-0.3, -0.25) is 4.98 Å². The number of halogens is 1. The molecule has 0 aliphatic rings. The summed E-state index contributed by atoms with van der Waals surface area (Å²) < 4.78 is 0. The van der Waals surface area contributed by atoms with Crippen LogP contribution in [-0.4, -0.2) is 16.7 Å². The smallest absolute Gasteiger partial charge is 0.0528 e. The van der Waals surface area contributed by atoms with Gasteiger partial charge in [-0.1, -0.05) is 36.7 Å². The Morgan fingerprint density at radius 3 is 2.72 bits per heavy atom. The van der Waals surface area contributed by atoms with Gasteiger partial charge >= 0.3 is 0 Å². The highest BCUT2D eigenvalue weighted by Crippen LogP contribution is 2.29. The molecule has 2 aromatic rings. The maximum atomic E-state index is 9.73.